The van der Waals surface area contributed by atoms with Crippen LogP contribution in [0.2, 0.25) is 0 Å². The van der Waals surface area contributed by atoms with Gasteiger partial charge in [0.1, 0.15) is 6.61 Å². The van der Waals surface area contributed by atoms with Crippen molar-refractivity contribution in [1.82, 2.24) is 5.32 Å². The highest BCUT2D eigenvalue weighted by molar-refractivity contribution is 5.42. The Balaban J connectivity index is 1.95. The van der Waals surface area contributed by atoms with Crippen LogP contribution in [0.5, 0.6) is 11.5 Å². The zero-order valence-electron chi connectivity index (χ0n) is 11.9. The average Bonchev–Trinajstić information content (AvgIpc) is 2.83. The van der Waals surface area contributed by atoms with Gasteiger partial charge in [0, 0.05) is 6.54 Å². The monoisotopic (exact) mass is 265 g/mol. The second-order valence-corrected chi connectivity index (χ2v) is 4.97. The lowest BCUT2D eigenvalue weighted by molar-refractivity contribution is 0.0259. The molecule has 1 aliphatic heterocycles. The summed E-state index contributed by atoms with van der Waals surface area (Å²) in [7, 11) is 3.59. The predicted octanol–water partition coefficient (Wildman–Crippen LogP) is 2.36. The fourth-order valence-electron chi connectivity index (χ4n) is 2.34. The molecule has 4 nitrogen and oxygen atoms in total. The Morgan fingerprint density at radius 3 is 2.79 bits per heavy atom. The van der Waals surface area contributed by atoms with Crippen LogP contribution in [0.15, 0.2) is 18.2 Å². The maximum Gasteiger partial charge on any atom is 0.161 e. The molecule has 0 saturated carbocycles. The summed E-state index contributed by atoms with van der Waals surface area (Å²) >= 11 is 0. The minimum Gasteiger partial charge on any atom is -0.493 e. The zero-order chi connectivity index (χ0) is 13.7. The van der Waals surface area contributed by atoms with Gasteiger partial charge in [-0.1, -0.05) is 6.07 Å². The van der Waals surface area contributed by atoms with Crippen LogP contribution >= 0.6 is 0 Å². The number of hydrogen-bond donors (Lipinski definition) is 1. The SMILES string of the molecule is CNCc1ccc(OCC2CCC(C)O2)c(OC)c1. The Kier molecular flexibility index (Phi) is 5.05. The summed E-state index contributed by atoms with van der Waals surface area (Å²) in [5.74, 6) is 1.56. The lowest BCUT2D eigenvalue weighted by Gasteiger charge is -2.15. The van der Waals surface area contributed by atoms with Crippen molar-refractivity contribution in [3.63, 3.8) is 0 Å². The van der Waals surface area contributed by atoms with E-state index in [-0.39, 0.29) is 6.10 Å². The number of hydrogen-bond acceptors (Lipinski definition) is 4. The normalized spacial score (nSPS) is 22.5. The molecule has 1 aromatic rings. The molecule has 0 bridgehead atoms. The van der Waals surface area contributed by atoms with E-state index >= 15 is 0 Å². The number of methoxy groups -OCH3 is 1. The molecule has 0 spiro atoms. The van der Waals surface area contributed by atoms with Crippen LogP contribution in [0.1, 0.15) is 25.3 Å². The largest absolute Gasteiger partial charge is 0.493 e. The fraction of sp³-hybridized carbons (Fsp3) is 0.600. The maximum atomic E-state index is 5.82. The van der Waals surface area contributed by atoms with Gasteiger partial charge in [-0.25, -0.2) is 0 Å². The molecule has 1 aromatic carbocycles. The van der Waals surface area contributed by atoms with Crippen molar-refractivity contribution in [2.45, 2.75) is 38.5 Å². The standard InChI is InChI=1S/C15H23NO3/c1-11-4-6-13(19-11)10-18-14-7-5-12(9-16-2)8-15(14)17-3/h5,7-8,11,13,16H,4,6,9-10H2,1-3H3. The quantitative estimate of drug-likeness (QED) is 0.857. The zero-order valence-corrected chi connectivity index (χ0v) is 11.9. The molecular formula is C15H23NO3. The first-order chi connectivity index (χ1) is 9.22. The Labute approximate surface area is 115 Å². The minimum absolute atomic E-state index is 0.205. The van der Waals surface area contributed by atoms with E-state index in [0.29, 0.717) is 12.7 Å². The van der Waals surface area contributed by atoms with Crippen molar-refractivity contribution in [3.05, 3.63) is 23.8 Å². The number of rotatable bonds is 6. The van der Waals surface area contributed by atoms with E-state index in [1.54, 1.807) is 7.11 Å². The lowest BCUT2D eigenvalue weighted by atomic mass is 10.2. The summed E-state index contributed by atoms with van der Waals surface area (Å²) in [6.45, 7) is 3.51. The van der Waals surface area contributed by atoms with Gasteiger partial charge in [-0.05, 0) is 44.5 Å². The second kappa shape index (κ2) is 6.78. The molecule has 0 aromatic heterocycles. The van der Waals surface area contributed by atoms with Gasteiger partial charge in [0.2, 0.25) is 0 Å². The van der Waals surface area contributed by atoms with Gasteiger partial charge in [-0.15, -0.1) is 0 Å². The Morgan fingerprint density at radius 2 is 2.16 bits per heavy atom. The first-order valence-electron chi connectivity index (χ1n) is 6.82. The molecule has 0 amide bonds. The van der Waals surface area contributed by atoms with Gasteiger partial charge >= 0.3 is 0 Å². The molecule has 2 atom stereocenters. The van der Waals surface area contributed by atoms with Gasteiger partial charge in [0.05, 0.1) is 19.3 Å². The average molecular weight is 265 g/mol. The molecule has 1 fully saturated rings. The highest BCUT2D eigenvalue weighted by Crippen LogP contribution is 2.29. The molecule has 1 N–H and O–H groups in total. The molecule has 106 valence electrons. The minimum atomic E-state index is 0.205. The van der Waals surface area contributed by atoms with Gasteiger partial charge < -0.3 is 19.5 Å². The summed E-state index contributed by atoms with van der Waals surface area (Å²) in [5.41, 5.74) is 1.18. The van der Waals surface area contributed by atoms with Crippen molar-refractivity contribution in [3.8, 4) is 11.5 Å². The third kappa shape index (κ3) is 3.85. The molecular weight excluding hydrogens is 242 g/mol. The van der Waals surface area contributed by atoms with Crippen molar-refractivity contribution in [2.75, 3.05) is 20.8 Å². The van der Waals surface area contributed by atoms with Crippen molar-refractivity contribution in [1.29, 1.82) is 0 Å². The summed E-state index contributed by atoms with van der Waals surface area (Å²) in [4.78, 5) is 0. The van der Waals surface area contributed by atoms with E-state index in [1.807, 2.05) is 25.2 Å². The first-order valence-corrected chi connectivity index (χ1v) is 6.82. The smallest absolute Gasteiger partial charge is 0.161 e. The van der Waals surface area contributed by atoms with Crippen molar-refractivity contribution >= 4 is 0 Å². The molecule has 2 unspecified atom stereocenters. The van der Waals surface area contributed by atoms with Crippen LogP contribution in [0.4, 0.5) is 0 Å². The van der Waals surface area contributed by atoms with Crippen LogP contribution in [0.3, 0.4) is 0 Å². The lowest BCUT2D eigenvalue weighted by Crippen LogP contribution is -2.18. The highest BCUT2D eigenvalue weighted by atomic mass is 16.6. The van der Waals surface area contributed by atoms with Crippen molar-refractivity contribution < 1.29 is 14.2 Å². The summed E-state index contributed by atoms with van der Waals surface area (Å²) in [5, 5.41) is 3.12. The molecule has 0 aliphatic carbocycles. The van der Waals surface area contributed by atoms with Crippen LogP contribution < -0.4 is 14.8 Å². The number of nitrogens with one attached hydrogen (secondary N) is 1. The maximum absolute atomic E-state index is 5.82. The van der Waals surface area contributed by atoms with E-state index in [1.165, 1.54) is 5.56 Å². The molecule has 1 saturated heterocycles. The summed E-state index contributed by atoms with van der Waals surface area (Å²) in [6, 6.07) is 6.01. The Morgan fingerprint density at radius 1 is 1.32 bits per heavy atom. The molecule has 1 aliphatic rings. The molecule has 2 rings (SSSR count). The Hall–Kier alpha value is -1.26. The fourth-order valence-corrected chi connectivity index (χ4v) is 2.34. The van der Waals surface area contributed by atoms with E-state index in [0.717, 1.165) is 30.9 Å². The van der Waals surface area contributed by atoms with E-state index in [9.17, 15) is 0 Å². The van der Waals surface area contributed by atoms with Crippen molar-refractivity contribution in [2.24, 2.45) is 0 Å². The van der Waals surface area contributed by atoms with Gasteiger partial charge in [0.25, 0.3) is 0 Å². The van der Waals surface area contributed by atoms with Crippen LogP contribution in [-0.4, -0.2) is 33.0 Å². The number of ether oxygens (including phenoxy) is 3. The van der Waals surface area contributed by atoms with Crippen LogP contribution in [-0.2, 0) is 11.3 Å². The Bertz CT molecular complexity index is 408. The highest BCUT2D eigenvalue weighted by Gasteiger charge is 2.22. The van der Waals surface area contributed by atoms with Gasteiger partial charge in [-0.3, -0.25) is 0 Å². The van der Waals surface area contributed by atoms with Crippen LogP contribution in [0, 0.1) is 0 Å². The molecule has 4 heteroatoms. The van der Waals surface area contributed by atoms with Crippen LogP contribution in [0.25, 0.3) is 0 Å². The third-order valence-corrected chi connectivity index (χ3v) is 3.35. The molecule has 1 heterocycles. The first kappa shape index (κ1) is 14.2. The van der Waals surface area contributed by atoms with E-state index in [4.69, 9.17) is 14.2 Å². The van der Waals surface area contributed by atoms with Gasteiger partial charge in [0.15, 0.2) is 11.5 Å². The van der Waals surface area contributed by atoms with E-state index in [2.05, 4.69) is 12.2 Å². The van der Waals surface area contributed by atoms with E-state index < -0.39 is 0 Å². The predicted molar refractivity (Wildman–Crippen MR) is 74.8 cm³/mol. The molecule has 0 radical (unpaired) electrons. The molecule has 19 heavy (non-hydrogen) atoms. The summed E-state index contributed by atoms with van der Waals surface area (Å²) < 4.78 is 16.9. The summed E-state index contributed by atoms with van der Waals surface area (Å²) in [6.07, 6.45) is 2.75. The third-order valence-electron chi connectivity index (χ3n) is 3.35. The van der Waals surface area contributed by atoms with Gasteiger partial charge in [-0.2, -0.15) is 0 Å². The number of benzene rings is 1. The topological polar surface area (TPSA) is 39.7 Å². The second-order valence-electron chi connectivity index (χ2n) is 4.97.